The van der Waals surface area contributed by atoms with E-state index in [1.54, 1.807) is 12.3 Å². The quantitative estimate of drug-likeness (QED) is 0.342. The van der Waals surface area contributed by atoms with Crippen molar-refractivity contribution in [2.45, 2.75) is 33.6 Å². The number of hydrazone groups is 1. The highest BCUT2D eigenvalue weighted by Gasteiger charge is 2.64. The minimum Gasteiger partial charge on any atom is -0.274 e. The highest BCUT2D eigenvalue weighted by Crippen LogP contribution is 2.60. The van der Waals surface area contributed by atoms with Crippen LogP contribution in [0.5, 0.6) is 0 Å². The predicted octanol–water partition coefficient (Wildman–Crippen LogP) is 4.05. The van der Waals surface area contributed by atoms with Crippen LogP contribution in [0.4, 0.5) is 0 Å². The number of piperidine rings is 1. The molecule has 1 saturated heterocycles. The maximum atomic E-state index is 13.0. The van der Waals surface area contributed by atoms with Gasteiger partial charge in [0.1, 0.15) is 0 Å². The van der Waals surface area contributed by atoms with Crippen LogP contribution in [0.2, 0.25) is 5.02 Å². The maximum absolute atomic E-state index is 13.0. The Kier molecular flexibility index (Phi) is 5.66. The Bertz CT molecular complexity index is 827. The summed E-state index contributed by atoms with van der Waals surface area (Å²) in [5.74, 6) is -0.0932. The fourth-order valence-electron chi connectivity index (χ4n) is 3.91. The fourth-order valence-corrected chi connectivity index (χ4v) is 4.92. The molecule has 8 heteroatoms. The van der Waals surface area contributed by atoms with E-state index >= 15 is 0 Å². The smallest absolute Gasteiger partial charge is 0.236 e. The van der Waals surface area contributed by atoms with Crippen LogP contribution in [0.15, 0.2) is 29.4 Å². The molecule has 1 heterocycles. The summed E-state index contributed by atoms with van der Waals surface area (Å²) in [6, 6.07) is 7.33. The third kappa shape index (κ3) is 3.52. The van der Waals surface area contributed by atoms with Gasteiger partial charge >= 0.3 is 0 Å². The van der Waals surface area contributed by atoms with Crippen molar-refractivity contribution in [1.82, 2.24) is 10.3 Å². The molecule has 2 bridgehead atoms. The van der Waals surface area contributed by atoms with Gasteiger partial charge in [0.05, 0.1) is 17.5 Å². The van der Waals surface area contributed by atoms with Crippen molar-refractivity contribution in [3.05, 3.63) is 34.9 Å². The van der Waals surface area contributed by atoms with Gasteiger partial charge in [-0.3, -0.25) is 19.9 Å². The minimum atomic E-state index is -0.497. The van der Waals surface area contributed by atoms with Crippen molar-refractivity contribution in [1.29, 1.82) is 0 Å². The molecule has 0 radical (unpaired) electrons. The Morgan fingerprint density at radius 2 is 2.11 bits per heavy atom. The standard InChI is InChI=1S/C19H22ClN3O2S2/c1-18(2)13-8-9-19(18,3)16(25)23(15(13)24)11-27-17(26)22-21-10-12-6-4-5-7-14(12)20/h4-7,10,13H,8-9,11H2,1-3H3,(H,22,26)/b21-10+/t13-,19-/m1/s1. The summed E-state index contributed by atoms with van der Waals surface area (Å²) in [6.45, 7) is 6.03. The molecule has 1 aliphatic carbocycles. The first-order chi connectivity index (χ1) is 12.7. The van der Waals surface area contributed by atoms with Gasteiger partial charge in [0.25, 0.3) is 0 Å². The van der Waals surface area contributed by atoms with E-state index in [1.165, 1.54) is 16.7 Å². The van der Waals surface area contributed by atoms with Crippen LogP contribution in [-0.4, -0.2) is 33.1 Å². The van der Waals surface area contributed by atoms with E-state index < -0.39 is 5.41 Å². The molecule has 1 aromatic carbocycles. The first kappa shape index (κ1) is 20.3. The van der Waals surface area contributed by atoms with E-state index in [2.05, 4.69) is 10.5 Å². The van der Waals surface area contributed by atoms with Gasteiger partial charge in [0.2, 0.25) is 11.8 Å². The molecule has 2 fully saturated rings. The summed E-state index contributed by atoms with van der Waals surface area (Å²) in [4.78, 5) is 27.1. The third-order valence-corrected chi connectivity index (χ3v) is 7.63. The zero-order valence-corrected chi connectivity index (χ0v) is 17.9. The topological polar surface area (TPSA) is 61.8 Å². The SMILES string of the molecule is CC1(C)[C@@H]2CC[C@]1(C)C(=O)N(CSC(=S)N/N=C/c1ccccc1Cl)C2=O. The molecular formula is C19H22ClN3O2S2. The predicted molar refractivity (Wildman–Crippen MR) is 114 cm³/mol. The number of thioether (sulfide) groups is 1. The zero-order chi connectivity index (χ0) is 19.8. The fraction of sp³-hybridized carbons (Fsp3) is 0.474. The molecule has 0 spiro atoms. The number of nitrogens with zero attached hydrogens (tertiary/aromatic N) is 2. The van der Waals surface area contributed by atoms with Crippen LogP contribution in [0.1, 0.15) is 39.2 Å². The minimum absolute atomic E-state index is 0.0881. The lowest BCUT2D eigenvalue weighted by molar-refractivity contribution is -0.166. The highest BCUT2D eigenvalue weighted by atomic mass is 35.5. The van der Waals surface area contributed by atoms with Crippen LogP contribution >= 0.6 is 35.6 Å². The second kappa shape index (κ2) is 7.53. The molecule has 3 rings (SSSR count). The number of hydrogen-bond donors (Lipinski definition) is 1. The molecule has 27 heavy (non-hydrogen) atoms. The Hall–Kier alpha value is -1.44. The third-order valence-electron chi connectivity index (χ3n) is 6.10. The Labute approximate surface area is 173 Å². The van der Waals surface area contributed by atoms with Gasteiger partial charge in [-0.2, -0.15) is 5.10 Å². The number of halogens is 1. The van der Waals surface area contributed by atoms with Crippen molar-refractivity contribution in [3.8, 4) is 0 Å². The maximum Gasteiger partial charge on any atom is 0.236 e. The second-order valence-corrected chi connectivity index (χ2v) is 9.70. The lowest BCUT2D eigenvalue weighted by Crippen LogP contribution is -2.58. The first-order valence-corrected chi connectivity index (χ1v) is 10.5. The van der Waals surface area contributed by atoms with Crippen molar-refractivity contribution in [3.63, 3.8) is 0 Å². The number of thiocarbonyl (C=S) groups is 1. The van der Waals surface area contributed by atoms with Crippen molar-refractivity contribution in [2.24, 2.45) is 21.8 Å². The van der Waals surface area contributed by atoms with Gasteiger partial charge in [-0.1, -0.05) is 74.6 Å². The molecule has 144 valence electrons. The molecule has 2 amide bonds. The summed E-state index contributed by atoms with van der Waals surface area (Å²) in [7, 11) is 0. The average Bonchev–Trinajstić information content (AvgIpc) is 2.80. The number of carbonyl (C=O) groups excluding carboxylic acids is 2. The molecule has 2 aliphatic rings. The normalized spacial score (nSPS) is 26.7. The lowest BCUT2D eigenvalue weighted by atomic mass is 9.62. The number of likely N-dealkylation sites (tertiary alicyclic amines) is 1. The van der Waals surface area contributed by atoms with Gasteiger partial charge in [0.15, 0.2) is 4.32 Å². The summed E-state index contributed by atoms with van der Waals surface area (Å²) >= 11 is 12.5. The summed E-state index contributed by atoms with van der Waals surface area (Å²) < 4.78 is 0.390. The van der Waals surface area contributed by atoms with Gasteiger partial charge in [-0.15, -0.1) is 0 Å². The molecular weight excluding hydrogens is 402 g/mol. The number of fused-ring (bicyclic) bond motifs is 2. The molecule has 1 aliphatic heterocycles. The van der Waals surface area contributed by atoms with E-state index in [0.717, 1.165) is 18.4 Å². The summed E-state index contributed by atoms with van der Waals surface area (Å²) in [5, 5.41) is 4.67. The Balaban J connectivity index is 1.59. The Morgan fingerprint density at radius 1 is 1.41 bits per heavy atom. The number of nitrogens with one attached hydrogen (secondary N) is 1. The lowest BCUT2D eigenvalue weighted by Gasteiger charge is -2.47. The molecule has 1 N–H and O–H groups in total. The van der Waals surface area contributed by atoms with Crippen LogP contribution < -0.4 is 5.43 Å². The molecule has 5 nitrogen and oxygen atoms in total. The number of benzene rings is 1. The van der Waals surface area contributed by atoms with Crippen LogP contribution in [0.3, 0.4) is 0 Å². The highest BCUT2D eigenvalue weighted by molar-refractivity contribution is 8.22. The number of hydrogen-bond acceptors (Lipinski definition) is 5. The molecule has 2 atom stereocenters. The van der Waals surface area contributed by atoms with E-state index in [-0.39, 0.29) is 29.0 Å². The van der Waals surface area contributed by atoms with Gasteiger partial charge in [0, 0.05) is 16.5 Å². The van der Waals surface area contributed by atoms with Crippen LogP contribution in [0.25, 0.3) is 0 Å². The molecule has 1 aromatic rings. The number of amides is 2. The van der Waals surface area contributed by atoms with Gasteiger partial charge in [-0.05, 0) is 24.3 Å². The van der Waals surface area contributed by atoms with E-state index in [0.29, 0.717) is 9.34 Å². The first-order valence-electron chi connectivity index (χ1n) is 8.74. The Morgan fingerprint density at radius 3 is 2.81 bits per heavy atom. The van der Waals surface area contributed by atoms with Crippen LogP contribution in [-0.2, 0) is 9.59 Å². The molecule has 0 unspecified atom stereocenters. The van der Waals surface area contributed by atoms with E-state index in [4.69, 9.17) is 23.8 Å². The van der Waals surface area contributed by atoms with Crippen molar-refractivity contribution in [2.75, 3.05) is 5.88 Å². The zero-order valence-electron chi connectivity index (χ0n) is 15.5. The van der Waals surface area contributed by atoms with Crippen molar-refractivity contribution < 1.29 is 9.59 Å². The average molecular weight is 424 g/mol. The number of rotatable bonds is 4. The number of imide groups is 1. The van der Waals surface area contributed by atoms with Crippen LogP contribution in [0, 0.1) is 16.7 Å². The summed E-state index contributed by atoms with van der Waals surface area (Å²) in [6.07, 6.45) is 3.09. The second-order valence-electron chi connectivity index (χ2n) is 7.67. The number of carbonyl (C=O) groups is 2. The largest absolute Gasteiger partial charge is 0.274 e. The van der Waals surface area contributed by atoms with Crippen molar-refractivity contribution >= 4 is 57.9 Å². The summed E-state index contributed by atoms with van der Waals surface area (Å²) in [5.41, 5.74) is 2.72. The van der Waals surface area contributed by atoms with Gasteiger partial charge in [-0.25, -0.2) is 0 Å². The molecule has 0 aromatic heterocycles. The van der Waals surface area contributed by atoms with Gasteiger partial charge < -0.3 is 0 Å². The molecule has 1 saturated carbocycles. The van der Waals surface area contributed by atoms with E-state index in [9.17, 15) is 9.59 Å². The monoisotopic (exact) mass is 423 g/mol. The van der Waals surface area contributed by atoms with E-state index in [1.807, 2.05) is 39.0 Å².